The molecule has 0 fully saturated rings. The number of aryl methyl sites for hydroxylation is 1. The predicted octanol–water partition coefficient (Wildman–Crippen LogP) is 3.63. The highest BCUT2D eigenvalue weighted by Gasteiger charge is 2.10. The number of hydrogen-bond acceptors (Lipinski definition) is 4. The molecule has 0 aromatic carbocycles. The van der Waals surface area contributed by atoms with Crippen LogP contribution in [0.25, 0.3) is 0 Å². The fourth-order valence-corrected chi connectivity index (χ4v) is 1.89. The van der Waals surface area contributed by atoms with E-state index >= 15 is 0 Å². The molecule has 2 N–H and O–H groups in total. The van der Waals surface area contributed by atoms with Gasteiger partial charge in [0, 0.05) is 25.1 Å². The minimum atomic E-state index is 0.706. The number of aromatic nitrogens is 2. The van der Waals surface area contributed by atoms with Gasteiger partial charge in [-0.05, 0) is 32.6 Å². The Labute approximate surface area is 117 Å². The monoisotopic (exact) mass is 264 g/mol. The van der Waals surface area contributed by atoms with Gasteiger partial charge in [0.1, 0.15) is 17.5 Å². The third-order valence-corrected chi connectivity index (χ3v) is 3.02. The predicted molar refractivity (Wildman–Crippen MR) is 82.9 cm³/mol. The van der Waals surface area contributed by atoms with Crippen molar-refractivity contribution in [2.75, 3.05) is 23.7 Å². The Morgan fingerprint density at radius 1 is 1.05 bits per heavy atom. The van der Waals surface area contributed by atoms with E-state index in [1.165, 1.54) is 0 Å². The second kappa shape index (κ2) is 7.97. The Balaban J connectivity index is 2.86. The van der Waals surface area contributed by atoms with Crippen LogP contribution in [0, 0.1) is 12.8 Å². The third kappa shape index (κ3) is 5.05. The van der Waals surface area contributed by atoms with Crippen LogP contribution in [-0.2, 0) is 6.42 Å². The van der Waals surface area contributed by atoms with Gasteiger partial charge < -0.3 is 10.6 Å². The molecule has 0 aliphatic heterocycles. The summed E-state index contributed by atoms with van der Waals surface area (Å²) < 4.78 is 0. The first kappa shape index (κ1) is 15.7. The van der Waals surface area contributed by atoms with Gasteiger partial charge >= 0.3 is 0 Å². The molecule has 1 aromatic heterocycles. The number of nitrogens with zero attached hydrogens (tertiary/aromatic N) is 2. The molecule has 0 spiro atoms. The molecule has 0 unspecified atom stereocenters. The molecular weight excluding hydrogens is 236 g/mol. The number of hydrogen-bond donors (Lipinski definition) is 2. The summed E-state index contributed by atoms with van der Waals surface area (Å²) >= 11 is 0. The van der Waals surface area contributed by atoms with Gasteiger partial charge in [-0.25, -0.2) is 9.97 Å². The fourth-order valence-electron chi connectivity index (χ4n) is 1.89. The maximum atomic E-state index is 4.64. The lowest BCUT2D eigenvalue weighted by molar-refractivity contribution is 0.606. The topological polar surface area (TPSA) is 49.8 Å². The largest absolute Gasteiger partial charge is 0.370 e. The Morgan fingerprint density at radius 3 is 2.21 bits per heavy atom. The minimum absolute atomic E-state index is 0.706. The van der Waals surface area contributed by atoms with E-state index in [1.54, 1.807) is 0 Å². The molecule has 0 atom stereocenters. The highest BCUT2D eigenvalue weighted by atomic mass is 15.1. The van der Waals surface area contributed by atoms with E-state index in [-0.39, 0.29) is 0 Å². The highest BCUT2D eigenvalue weighted by molar-refractivity contribution is 5.57. The lowest BCUT2D eigenvalue weighted by Gasteiger charge is -2.15. The van der Waals surface area contributed by atoms with Crippen LogP contribution in [0.3, 0.4) is 0 Å². The van der Waals surface area contributed by atoms with Crippen molar-refractivity contribution in [1.82, 2.24) is 9.97 Å². The van der Waals surface area contributed by atoms with E-state index in [4.69, 9.17) is 0 Å². The van der Waals surface area contributed by atoms with Gasteiger partial charge in [0.25, 0.3) is 0 Å². The van der Waals surface area contributed by atoms with E-state index in [9.17, 15) is 0 Å². The van der Waals surface area contributed by atoms with Gasteiger partial charge in [0.05, 0.1) is 0 Å². The summed E-state index contributed by atoms with van der Waals surface area (Å²) in [5, 5.41) is 6.77. The lowest BCUT2D eigenvalue weighted by atomic mass is 10.1. The standard InChI is InChI=1S/C15H28N4/c1-6-8-13-18-14(16-7-2)12(5)15(19-13)17-10-9-11(3)4/h11H,6-10H2,1-5H3,(H2,16,17,18,19). The van der Waals surface area contributed by atoms with Gasteiger partial charge in [-0.1, -0.05) is 20.8 Å². The minimum Gasteiger partial charge on any atom is -0.370 e. The molecule has 0 amide bonds. The average molecular weight is 264 g/mol. The zero-order chi connectivity index (χ0) is 14.3. The molecule has 108 valence electrons. The quantitative estimate of drug-likeness (QED) is 0.753. The van der Waals surface area contributed by atoms with Crippen molar-refractivity contribution in [2.45, 2.75) is 53.9 Å². The zero-order valence-corrected chi connectivity index (χ0v) is 13.0. The summed E-state index contributed by atoms with van der Waals surface area (Å²) in [6.07, 6.45) is 3.15. The van der Waals surface area contributed by atoms with E-state index in [0.717, 1.165) is 55.4 Å². The van der Waals surface area contributed by atoms with Crippen LogP contribution in [-0.4, -0.2) is 23.1 Å². The van der Waals surface area contributed by atoms with Gasteiger partial charge in [-0.15, -0.1) is 0 Å². The first-order valence-electron chi connectivity index (χ1n) is 7.43. The van der Waals surface area contributed by atoms with Crippen LogP contribution in [0.4, 0.5) is 11.6 Å². The molecule has 1 rings (SSSR count). The molecule has 0 aliphatic rings. The average Bonchev–Trinajstić information content (AvgIpc) is 2.34. The fraction of sp³-hybridized carbons (Fsp3) is 0.733. The van der Waals surface area contributed by atoms with E-state index in [2.05, 4.69) is 55.2 Å². The second-order valence-corrected chi connectivity index (χ2v) is 5.35. The maximum absolute atomic E-state index is 4.64. The molecule has 1 aromatic rings. The van der Waals surface area contributed by atoms with Crippen LogP contribution in [0.2, 0.25) is 0 Å². The zero-order valence-electron chi connectivity index (χ0n) is 13.0. The molecule has 4 heteroatoms. The van der Waals surface area contributed by atoms with Gasteiger partial charge in [-0.2, -0.15) is 0 Å². The molecule has 1 heterocycles. The number of anilines is 2. The van der Waals surface area contributed by atoms with Gasteiger partial charge in [-0.3, -0.25) is 0 Å². The van der Waals surface area contributed by atoms with Crippen LogP contribution in [0.5, 0.6) is 0 Å². The van der Waals surface area contributed by atoms with Crippen molar-refractivity contribution >= 4 is 11.6 Å². The van der Waals surface area contributed by atoms with Crippen molar-refractivity contribution < 1.29 is 0 Å². The van der Waals surface area contributed by atoms with E-state index in [0.29, 0.717) is 5.92 Å². The van der Waals surface area contributed by atoms with Crippen molar-refractivity contribution in [3.8, 4) is 0 Å². The Bertz CT molecular complexity index is 388. The van der Waals surface area contributed by atoms with E-state index < -0.39 is 0 Å². The van der Waals surface area contributed by atoms with Crippen molar-refractivity contribution in [1.29, 1.82) is 0 Å². The maximum Gasteiger partial charge on any atom is 0.134 e. The molecule has 19 heavy (non-hydrogen) atoms. The third-order valence-electron chi connectivity index (χ3n) is 3.02. The first-order valence-corrected chi connectivity index (χ1v) is 7.43. The molecule has 0 radical (unpaired) electrons. The number of rotatable bonds is 8. The van der Waals surface area contributed by atoms with E-state index in [1.807, 2.05) is 0 Å². The molecule has 4 nitrogen and oxygen atoms in total. The summed E-state index contributed by atoms with van der Waals surface area (Å²) in [7, 11) is 0. The molecule has 0 saturated carbocycles. The summed E-state index contributed by atoms with van der Waals surface area (Å²) in [5.41, 5.74) is 1.12. The summed E-state index contributed by atoms with van der Waals surface area (Å²) in [4.78, 5) is 9.23. The first-order chi connectivity index (χ1) is 9.08. The normalized spacial score (nSPS) is 10.8. The second-order valence-electron chi connectivity index (χ2n) is 5.35. The smallest absolute Gasteiger partial charge is 0.134 e. The summed E-state index contributed by atoms with van der Waals surface area (Å²) in [6.45, 7) is 12.6. The molecular formula is C15H28N4. The lowest BCUT2D eigenvalue weighted by Crippen LogP contribution is -2.12. The van der Waals surface area contributed by atoms with Gasteiger partial charge in [0.2, 0.25) is 0 Å². The number of nitrogens with one attached hydrogen (secondary N) is 2. The van der Waals surface area contributed by atoms with Crippen LogP contribution < -0.4 is 10.6 Å². The Kier molecular flexibility index (Phi) is 6.60. The molecule has 0 saturated heterocycles. The SMILES string of the molecule is CCCc1nc(NCC)c(C)c(NCCC(C)C)n1. The Hall–Kier alpha value is -1.32. The van der Waals surface area contributed by atoms with Gasteiger partial charge in [0.15, 0.2) is 0 Å². The van der Waals surface area contributed by atoms with Crippen LogP contribution in [0.15, 0.2) is 0 Å². The van der Waals surface area contributed by atoms with Crippen molar-refractivity contribution in [3.63, 3.8) is 0 Å². The van der Waals surface area contributed by atoms with Crippen molar-refractivity contribution in [3.05, 3.63) is 11.4 Å². The molecule has 0 bridgehead atoms. The highest BCUT2D eigenvalue weighted by Crippen LogP contribution is 2.20. The summed E-state index contributed by atoms with van der Waals surface area (Å²) in [5.74, 6) is 3.58. The van der Waals surface area contributed by atoms with Crippen molar-refractivity contribution in [2.24, 2.45) is 5.92 Å². The van der Waals surface area contributed by atoms with Crippen LogP contribution >= 0.6 is 0 Å². The molecule has 0 aliphatic carbocycles. The van der Waals surface area contributed by atoms with Crippen LogP contribution in [0.1, 0.15) is 51.9 Å². The summed E-state index contributed by atoms with van der Waals surface area (Å²) in [6, 6.07) is 0. The Morgan fingerprint density at radius 2 is 1.68 bits per heavy atom.